The fourth-order valence-corrected chi connectivity index (χ4v) is 3.00. The molecule has 0 aliphatic carbocycles. The van der Waals surface area contributed by atoms with Crippen LogP contribution in [-0.4, -0.2) is 30.1 Å². The van der Waals surface area contributed by atoms with Crippen LogP contribution in [0, 0.1) is 13.8 Å². The van der Waals surface area contributed by atoms with Crippen molar-refractivity contribution in [3.63, 3.8) is 0 Å². The summed E-state index contributed by atoms with van der Waals surface area (Å²) in [5, 5.41) is 15.7. The quantitative estimate of drug-likeness (QED) is 0.817. The summed E-state index contributed by atoms with van der Waals surface area (Å²) in [6, 6.07) is 5.47. The first kappa shape index (κ1) is 17.0. The summed E-state index contributed by atoms with van der Waals surface area (Å²) in [4.78, 5) is 22.8. The number of aryl methyl sites for hydroxylation is 2. The molecule has 0 aliphatic rings. The maximum atomic E-state index is 12.2. The average Bonchev–Trinajstić information content (AvgIpc) is 2.99. The lowest BCUT2D eigenvalue weighted by molar-refractivity contribution is -0.139. The van der Waals surface area contributed by atoms with Crippen LogP contribution in [0.4, 0.5) is 0 Å². The van der Waals surface area contributed by atoms with Gasteiger partial charge in [-0.1, -0.05) is 0 Å². The van der Waals surface area contributed by atoms with Crippen LogP contribution in [0.15, 0.2) is 29.0 Å². The molecule has 0 fully saturated rings. The van der Waals surface area contributed by atoms with Crippen LogP contribution in [0.2, 0.25) is 0 Å². The molecule has 0 unspecified atom stereocenters. The van der Waals surface area contributed by atoms with Gasteiger partial charge in [0.2, 0.25) is 0 Å². The number of rotatable bonds is 7. The number of carbonyl (C=O) groups is 2. The van der Waals surface area contributed by atoms with Gasteiger partial charge in [0.05, 0.1) is 0 Å². The van der Waals surface area contributed by atoms with E-state index in [-0.39, 0.29) is 5.91 Å². The second-order valence-corrected chi connectivity index (χ2v) is 6.04. The smallest absolute Gasteiger partial charge is 0.341 e. The van der Waals surface area contributed by atoms with Gasteiger partial charge in [-0.05, 0) is 65.9 Å². The van der Waals surface area contributed by atoms with Gasteiger partial charge in [-0.15, -0.1) is 0 Å². The standard InChI is InChI=1S/C17H19NO4S/c1-11-7-14(8-12(2)16(11)22-9-15(19)20)17(21)18-5-3-13-4-6-23-10-13/h4,6-8,10H,3,5,9H2,1-2H3,(H,18,21)(H,19,20). The molecule has 0 saturated carbocycles. The Kier molecular flexibility index (Phi) is 5.76. The zero-order valence-corrected chi connectivity index (χ0v) is 13.9. The molecular weight excluding hydrogens is 314 g/mol. The largest absolute Gasteiger partial charge is 0.481 e. The van der Waals surface area contributed by atoms with E-state index in [2.05, 4.69) is 10.7 Å². The second-order valence-electron chi connectivity index (χ2n) is 5.26. The third-order valence-corrected chi connectivity index (χ3v) is 4.07. The van der Waals surface area contributed by atoms with E-state index in [0.29, 0.717) is 17.9 Å². The minimum Gasteiger partial charge on any atom is -0.481 e. The van der Waals surface area contributed by atoms with Gasteiger partial charge >= 0.3 is 5.97 Å². The summed E-state index contributed by atoms with van der Waals surface area (Å²) in [6.45, 7) is 3.78. The number of carboxylic acids is 1. The maximum Gasteiger partial charge on any atom is 0.341 e. The van der Waals surface area contributed by atoms with Gasteiger partial charge in [-0.25, -0.2) is 4.79 Å². The molecular formula is C17H19NO4S. The fourth-order valence-electron chi connectivity index (χ4n) is 2.30. The lowest BCUT2D eigenvalue weighted by atomic mass is 10.0. The molecule has 1 aromatic heterocycles. The Hall–Kier alpha value is -2.34. The Labute approximate surface area is 138 Å². The highest BCUT2D eigenvalue weighted by atomic mass is 32.1. The van der Waals surface area contributed by atoms with Crippen molar-refractivity contribution >= 4 is 23.2 Å². The molecule has 5 nitrogen and oxygen atoms in total. The summed E-state index contributed by atoms with van der Waals surface area (Å²) in [7, 11) is 0. The highest BCUT2D eigenvalue weighted by Crippen LogP contribution is 2.24. The van der Waals surface area contributed by atoms with E-state index in [9.17, 15) is 9.59 Å². The van der Waals surface area contributed by atoms with Crippen molar-refractivity contribution in [2.24, 2.45) is 0 Å². The Morgan fingerprint density at radius 3 is 2.52 bits per heavy atom. The van der Waals surface area contributed by atoms with Crippen molar-refractivity contribution in [1.29, 1.82) is 0 Å². The summed E-state index contributed by atoms with van der Waals surface area (Å²) in [5.41, 5.74) is 3.25. The lowest BCUT2D eigenvalue weighted by Crippen LogP contribution is -2.25. The Balaban J connectivity index is 1.98. The highest BCUT2D eigenvalue weighted by molar-refractivity contribution is 7.07. The van der Waals surface area contributed by atoms with E-state index in [1.165, 1.54) is 5.56 Å². The molecule has 23 heavy (non-hydrogen) atoms. The minimum absolute atomic E-state index is 0.142. The Bertz CT molecular complexity index is 672. The number of ether oxygens (including phenoxy) is 1. The van der Waals surface area contributed by atoms with E-state index >= 15 is 0 Å². The minimum atomic E-state index is -1.03. The molecule has 2 N–H and O–H groups in total. The molecule has 0 radical (unpaired) electrons. The van der Waals surface area contributed by atoms with Crippen LogP contribution >= 0.6 is 11.3 Å². The van der Waals surface area contributed by atoms with Gasteiger partial charge in [0.25, 0.3) is 5.91 Å². The second kappa shape index (κ2) is 7.78. The molecule has 1 aromatic carbocycles. The SMILES string of the molecule is Cc1cc(C(=O)NCCc2ccsc2)cc(C)c1OCC(=O)O. The van der Waals surface area contributed by atoms with Crippen molar-refractivity contribution in [2.45, 2.75) is 20.3 Å². The fraction of sp³-hybridized carbons (Fsp3) is 0.294. The predicted octanol–water partition coefficient (Wildman–Crippen LogP) is 2.80. The lowest BCUT2D eigenvalue weighted by Gasteiger charge is -2.13. The number of nitrogens with one attached hydrogen (secondary N) is 1. The predicted molar refractivity (Wildman–Crippen MR) is 89.4 cm³/mol. The van der Waals surface area contributed by atoms with Crippen LogP contribution in [0.1, 0.15) is 27.0 Å². The third-order valence-electron chi connectivity index (χ3n) is 3.34. The number of amides is 1. The van der Waals surface area contributed by atoms with Gasteiger partial charge in [-0.2, -0.15) is 11.3 Å². The van der Waals surface area contributed by atoms with Gasteiger partial charge in [0.1, 0.15) is 5.75 Å². The van der Waals surface area contributed by atoms with Crippen LogP contribution in [0.25, 0.3) is 0 Å². The van der Waals surface area contributed by atoms with Crippen molar-refractivity contribution < 1.29 is 19.4 Å². The van der Waals surface area contributed by atoms with Crippen molar-refractivity contribution in [2.75, 3.05) is 13.2 Å². The first-order valence-corrected chi connectivity index (χ1v) is 8.16. The molecule has 1 amide bonds. The first-order chi connectivity index (χ1) is 11.0. The van der Waals surface area contributed by atoms with E-state index in [1.807, 2.05) is 11.4 Å². The summed E-state index contributed by atoms with van der Waals surface area (Å²) in [6.07, 6.45) is 0.799. The summed E-state index contributed by atoms with van der Waals surface area (Å²) >= 11 is 1.64. The van der Waals surface area contributed by atoms with E-state index in [4.69, 9.17) is 9.84 Å². The summed E-state index contributed by atoms with van der Waals surface area (Å²) < 4.78 is 5.26. The maximum absolute atomic E-state index is 12.2. The van der Waals surface area contributed by atoms with Crippen molar-refractivity contribution in [1.82, 2.24) is 5.32 Å². The number of thiophene rings is 1. The zero-order valence-electron chi connectivity index (χ0n) is 13.1. The normalized spacial score (nSPS) is 10.3. The molecule has 0 spiro atoms. The van der Waals surface area contributed by atoms with Crippen molar-refractivity contribution in [3.8, 4) is 5.75 Å². The first-order valence-electron chi connectivity index (χ1n) is 7.22. The molecule has 0 bridgehead atoms. The van der Waals surface area contributed by atoms with Crippen LogP contribution in [0.3, 0.4) is 0 Å². The molecule has 1 heterocycles. The Morgan fingerprint density at radius 2 is 1.96 bits per heavy atom. The Morgan fingerprint density at radius 1 is 1.26 bits per heavy atom. The molecule has 0 saturated heterocycles. The number of benzene rings is 1. The average molecular weight is 333 g/mol. The number of carbonyl (C=O) groups excluding carboxylic acids is 1. The van der Waals surface area contributed by atoms with E-state index in [0.717, 1.165) is 17.5 Å². The molecule has 2 rings (SSSR count). The van der Waals surface area contributed by atoms with Crippen LogP contribution in [0.5, 0.6) is 5.75 Å². The number of hydrogen-bond acceptors (Lipinski definition) is 4. The zero-order chi connectivity index (χ0) is 16.8. The third kappa shape index (κ3) is 4.82. The van der Waals surface area contributed by atoms with Gasteiger partial charge in [0, 0.05) is 12.1 Å². The molecule has 0 atom stereocenters. The van der Waals surface area contributed by atoms with E-state index in [1.54, 1.807) is 37.3 Å². The van der Waals surface area contributed by atoms with Gasteiger partial charge < -0.3 is 15.2 Å². The van der Waals surface area contributed by atoms with Gasteiger partial charge in [0.15, 0.2) is 6.61 Å². The van der Waals surface area contributed by atoms with Crippen LogP contribution < -0.4 is 10.1 Å². The molecule has 122 valence electrons. The number of carboxylic acid groups (broad SMARTS) is 1. The molecule has 6 heteroatoms. The number of hydrogen-bond donors (Lipinski definition) is 2. The number of aliphatic carboxylic acids is 1. The monoisotopic (exact) mass is 333 g/mol. The highest BCUT2D eigenvalue weighted by Gasteiger charge is 2.12. The summed E-state index contributed by atoms with van der Waals surface area (Å²) in [5.74, 6) is -0.655. The van der Waals surface area contributed by atoms with Gasteiger partial charge in [-0.3, -0.25) is 4.79 Å². The van der Waals surface area contributed by atoms with Crippen LogP contribution in [-0.2, 0) is 11.2 Å². The topological polar surface area (TPSA) is 75.6 Å². The van der Waals surface area contributed by atoms with Crippen molar-refractivity contribution in [3.05, 3.63) is 51.2 Å². The molecule has 2 aromatic rings. The van der Waals surface area contributed by atoms with E-state index < -0.39 is 12.6 Å². The molecule has 0 aliphatic heterocycles.